The molecular formula is C19H14I2O6. The zero-order valence-corrected chi connectivity index (χ0v) is 18.4. The minimum Gasteiger partial charge on any atom is -0.478 e. The van der Waals surface area contributed by atoms with Crippen molar-refractivity contribution in [2.45, 2.75) is 13.5 Å². The van der Waals surface area contributed by atoms with E-state index in [1.807, 2.05) is 28.7 Å². The van der Waals surface area contributed by atoms with E-state index in [0.29, 0.717) is 9.13 Å². The van der Waals surface area contributed by atoms with Gasteiger partial charge in [0.25, 0.3) is 0 Å². The molecule has 8 heteroatoms. The first-order valence-corrected chi connectivity index (χ1v) is 9.71. The fourth-order valence-electron chi connectivity index (χ4n) is 2.08. The molecule has 0 aliphatic rings. The number of ether oxygens (including phenoxy) is 2. The summed E-state index contributed by atoms with van der Waals surface area (Å²) in [4.78, 5) is 35.5. The number of benzene rings is 2. The highest BCUT2D eigenvalue weighted by molar-refractivity contribution is 14.1. The lowest BCUT2D eigenvalue weighted by Gasteiger charge is -2.14. The molecule has 0 aliphatic carbocycles. The Balaban J connectivity index is 2.27. The molecule has 2 rings (SSSR count). The molecule has 0 atom stereocenters. The summed E-state index contributed by atoms with van der Waals surface area (Å²) >= 11 is 4.12. The maximum Gasteiger partial charge on any atom is 0.339 e. The third kappa shape index (κ3) is 5.51. The zero-order chi connectivity index (χ0) is 20.1. The molecule has 140 valence electrons. The van der Waals surface area contributed by atoms with Gasteiger partial charge in [-0.2, -0.15) is 0 Å². The molecule has 0 fully saturated rings. The Kier molecular flexibility index (Phi) is 7.36. The summed E-state index contributed by atoms with van der Waals surface area (Å²) in [6.07, 6.45) is 0. The van der Waals surface area contributed by atoms with Gasteiger partial charge in [-0.05, 0) is 76.4 Å². The van der Waals surface area contributed by atoms with E-state index in [0.717, 1.165) is 3.57 Å². The number of halogens is 2. The molecule has 27 heavy (non-hydrogen) atoms. The quantitative estimate of drug-likeness (QED) is 0.231. The van der Waals surface area contributed by atoms with Crippen LogP contribution >= 0.6 is 45.2 Å². The topological polar surface area (TPSA) is 89.9 Å². The summed E-state index contributed by atoms with van der Waals surface area (Å²) in [5.74, 6) is -2.30. The summed E-state index contributed by atoms with van der Waals surface area (Å²) in [5, 5.41) is 9.19. The number of hydrogen-bond donors (Lipinski definition) is 1. The highest BCUT2D eigenvalue weighted by atomic mass is 127. The van der Waals surface area contributed by atoms with Gasteiger partial charge in [0.15, 0.2) is 5.75 Å². The van der Waals surface area contributed by atoms with E-state index >= 15 is 0 Å². The van der Waals surface area contributed by atoms with Gasteiger partial charge in [-0.3, -0.25) is 0 Å². The molecule has 0 spiro atoms. The lowest BCUT2D eigenvalue weighted by Crippen LogP contribution is -2.14. The number of carbonyl (C=O) groups is 3. The van der Waals surface area contributed by atoms with Crippen molar-refractivity contribution in [1.29, 1.82) is 0 Å². The Labute approximate surface area is 182 Å². The van der Waals surface area contributed by atoms with Crippen LogP contribution in [-0.4, -0.2) is 23.0 Å². The second-order valence-corrected chi connectivity index (χ2v) is 7.88. The van der Waals surface area contributed by atoms with Gasteiger partial charge in [-0.15, -0.1) is 0 Å². The van der Waals surface area contributed by atoms with E-state index < -0.39 is 17.9 Å². The second kappa shape index (κ2) is 9.31. The van der Waals surface area contributed by atoms with Crippen LogP contribution in [0, 0.1) is 7.14 Å². The monoisotopic (exact) mass is 592 g/mol. The van der Waals surface area contributed by atoms with E-state index in [4.69, 9.17) is 9.47 Å². The van der Waals surface area contributed by atoms with Gasteiger partial charge in [-0.25, -0.2) is 14.4 Å². The Morgan fingerprint density at radius 1 is 1.11 bits per heavy atom. The van der Waals surface area contributed by atoms with Crippen LogP contribution in [0.4, 0.5) is 0 Å². The van der Waals surface area contributed by atoms with E-state index in [1.165, 1.54) is 25.1 Å². The first-order valence-electron chi connectivity index (χ1n) is 7.55. The van der Waals surface area contributed by atoms with Crippen molar-refractivity contribution in [2.75, 3.05) is 0 Å². The van der Waals surface area contributed by atoms with Gasteiger partial charge in [0.2, 0.25) is 0 Å². The lowest BCUT2D eigenvalue weighted by atomic mass is 10.1. The Morgan fingerprint density at radius 2 is 1.74 bits per heavy atom. The van der Waals surface area contributed by atoms with Gasteiger partial charge in [-0.1, -0.05) is 18.7 Å². The lowest BCUT2D eigenvalue weighted by molar-refractivity contribution is -0.130. The summed E-state index contributed by atoms with van der Waals surface area (Å²) in [7, 11) is 0. The molecule has 2 aromatic carbocycles. The summed E-state index contributed by atoms with van der Waals surface area (Å²) in [6, 6.07) is 9.32. The van der Waals surface area contributed by atoms with Crippen molar-refractivity contribution in [1.82, 2.24) is 0 Å². The predicted molar refractivity (Wildman–Crippen MR) is 115 cm³/mol. The number of carbonyl (C=O) groups excluding carboxylic acids is 2. The maximum absolute atomic E-state index is 12.3. The third-order valence-electron chi connectivity index (χ3n) is 3.36. The van der Waals surface area contributed by atoms with Gasteiger partial charge < -0.3 is 14.6 Å². The van der Waals surface area contributed by atoms with Crippen molar-refractivity contribution < 1.29 is 29.0 Å². The fraction of sp³-hybridized carbons (Fsp3) is 0.105. The number of hydrogen-bond acceptors (Lipinski definition) is 5. The number of esters is 2. The summed E-state index contributed by atoms with van der Waals surface area (Å²) in [6.45, 7) is 4.90. The number of carboxylic acid groups (broad SMARTS) is 1. The Bertz CT molecular complexity index is 936. The molecule has 0 heterocycles. The average molecular weight is 592 g/mol. The number of aromatic carboxylic acids is 1. The number of carboxylic acids is 1. The van der Waals surface area contributed by atoms with Crippen molar-refractivity contribution in [3.63, 3.8) is 0 Å². The van der Waals surface area contributed by atoms with Crippen molar-refractivity contribution >= 4 is 63.1 Å². The second-order valence-electron chi connectivity index (χ2n) is 5.47. The fourth-order valence-corrected chi connectivity index (χ4v) is 4.16. The van der Waals surface area contributed by atoms with Crippen LogP contribution < -0.4 is 4.74 Å². The zero-order valence-electron chi connectivity index (χ0n) is 14.1. The molecular weight excluding hydrogens is 578 g/mol. The largest absolute Gasteiger partial charge is 0.478 e. The smallest absolute Gasteiger partial charge is 0.339 e. The van der Waals surface area contributed by atoms with Crippen LogP contribution in [0.25, 0.3) is 0 Å². The molecule has 0 bridgehead atoms. The standard InChI is InChI=1S/C19H14I2O6/c1-10(2)18(24)27-16-11(7-12(20)8-15(16)21)9-26-19(25)14-6-4-3-5-13(14)17(22)23/h3-8H,1,9H2,2H3,(H,22,23). The van der Waals surface area contributed by atoms with E-state index in [9.17, 15) is 19.5 Å². The highest BCUT2D eigenvalue weighted by Crippen LogP contribution is 2.30. The molecule has 0 saturated heterocycles. The van der Waals surface area contributed by atoms with Crippen molar-refractivity contribution in [3.8, 4) is 5.75 Å². The molecule has 0 unspecified atom stereocenters. The summed E-state index contributed by atoms with van der Waals surface area (Å²) < 4.78 is 12.2. The third-order valence-corrected chi connectivity index (χ3v) is 4.79. The van der Waals surface area contributed by atoms with Crippen molar-refractivity contribution in [2.24, 2.45) is 0 Å². The van der Waals surface area contributed by atoms with Gasteiger partial charge in [0.1, 0.15) is 6.61 Å². The molecule has 0 aromatic heterocycles. The Hall–Kier alpha value is -1.95. The van der Waals surface area contributed by atoms with Crippen LogP contribution in [0.2, 0.25) is 0 Å². The van der Waals surface area contributed by atoms with Gasteiger partial charge in [0, 0.05) is 14.7 Å². The van der Waals surface area contributed by atoms with E-state index in [1.54, 1.807) is 12.1 Å². The molecule has 0 saturated carbocycles. The van der Waals surface area contributed by atoms with Crippen molar-refractivity contribution in [3.05, 3.63) is 72.4 Å². The predicted octanol–water partition coefficient (Wildman–Crippen LogP) is 4.43. The van der Waals surface area contributed by atoms with E-state index in [-0.39, 0.29) is 29.1 Å². The summed E-state index contributed by atoms with van der Waals surface area (Å²) in [5.41, 5.74) is 0.532. The SMILES string of the molecule is C=C(C)C(=O)Oc1c(I)cc(I)cc1COC(=O)c1ccccc1C(=O)O. The van der Waals surface area contributed by atoms with Crippen LogP contribution in [0.1, 0.15) is 33.2 Å². The normalized spacial score (nSPS) is 10.2. The van der Waals surface area contributed by atoms with Gasteiger partial charge >= 0.3 is 17.9 Å². The average Bonchev–Trinajstić information content (AvgIpc) is 2.61. The maximum atomic E-state index is 12.3. The molecule has 1 N–H and O–H groups in total. The van der Waals surface area contributed by atoms with Crippen LogP contribution in [0.3, 0.4) is 0 Å². The molecule has 6 nitrogen and oxygen atoms in total. The van der Waals surface area contributed by atoms with Crippen LogP contribution in [0.5, 0.6) is 5.75 Å². The molecule has 2 aromatic rings. The van der Waals surface area contributed by atoms with Gasteiger partial charge in [0.05, 0.1) is 14.7 Å². The molecule has 0 amide bonds. The van der Waals surface area contributed by atoms with Crippen LogP contribution in [-0.2, 0) is 16.1 Å². The minimum absolute atomic E-state index is 0.0502. The van der Waals surface area contributed by atoms with E-state index in [2.05, 4.69) is 29.2 Å². The molecule has 0 aliphatic heterocycles. The Morgan fingerprint density at radius 3 is 2.33 bits per heavy atom. The molecule has 0 radical (unpaired) electrons. The number of rotatable bonds is 6. The highest BCUT2D eigenvalue weighted by Gasteiger charge is 2.20. The van der Waals surface area contributed by atoms with Crippen LogP contribution in [0.15, 0.2) is 48.6 Å². The first-order chi connectivity index (χ1) is 12.7. The minimum atomic E-state index is -1.22. The first kappa shape index (κ1) is 21.4.